The Bertz CT molecular complexity index is 544. The molecule has 0 saturated heterocycles. The summed E-state index contributed by atoms with van der Waals surface area (Å²) in [4.78, 5) is 11.6. The van der Waals surface area contributed by atoms with Gasteiger partial charge in [-0.2, -0.15) is 0 Å². The first kappa shape index (κ1) is 11.7. The van der Waals surface area contributed by atoms with Crippen molar-refractivity contribution in [3.8, 4) is 0 Å². The summed E-state index contributed by atoms with van der Waals surface area (Å²) in [6.07, 6.45) is 0.803. The number of rotatable bonds is 4. The van der Waals surface area contributed by atoms with Crippen molar-refractivity contribution >= 4 is 33.7 Å². The molecule has 1 heterocycles. The van der Waals surface area contributed by atoms with E-state index in [0.29, 0.717) is 18.7 Å². The van der Waals surface area contributed by atoms with E-state index in [1.165, 1.54) is 0 Å². The van der Waals surface area contributed by atoms with Crippen molar-refractivity contribution < 1.29 is 9.15 Å². The van der Waals surface area contributed by atoms with E-state index in [4.69, 9.17) is 9.15 Å². The predicted molar refractivity (Wildman–Crippen MR) is 69.7 cm³/mol. The standard InChI is InChI=1S/C11H12INO3/c1-15-6-2-5-13-9-4-3-8(12)7-10(9)16-11(13)14/h3-4,7H,2,5-6H2,1H3. The van der Waals surface area contributed by atoms with Crippen LogP contribution in [0.5, 0.6) is 0 Å². The molecule has 5 heteroatoms. The molecule has 0 aliphatic rings. The number of oxazole rings is 1. The average molecular weight is 333 g/mol. The molecule has 86 valence electrons. The normalized spacial score (nSPS) is 11.1. The number of fused-ring (bicyclic) bond motifs is 1. The molecule has 16 heavy (non-hydrogen) atoms. The quantitative estimate of drug-likeness (QED) is 0.637. The molecule has 0 amide bonds. The summed E-state index contributed by atoms with van der Waals surface area (Å²) < 4.78 is 12.8. The fourth-order valence-electron chi connectivity index (χ4n) is 1.62. The molecule has 0 atom stereocenters. The van der Waals surface area contributed by atoms with Crippen LogP contribution in [0.2, 0.25) is 0 Å². The number of hydrogen-bond acceptors (Lipinski definition) is 3. The van der Waals surface area contributed by atoms with Gasteiger partial charge in [-0.1, -0.05) is 0 Å². The van der Waals surface area contributed by atoms with Crippen LogP contribution < -0.4 is 5.76 Å². The van der Waals surface area contributed by atoms with Crippen LogP contribution in [0, 0.1) is 3.57 Å². The molecular weight excluding hydrogens is 321 g/mol. The van der Waals surface area contributed by atoms with Crippen molar-refractivity contribution in [1.82, 2.24) is 4.57 Å². The molecular formula is C11H12INO3. The third kappa shape index (κ3) is 2.30. The van der Waals surface area contributed by atoms with E-state index in [1.807, 2.05) is 18.2 Å². The Morgan fingerprint density at radius 3 is 3.06 bits per heavy atom. The minimum Gasteiger partial charge on any atom is -0.408 e. The molecule has 0 unspecified atom stereocenters. The molecule has 0 N–H and O–H groups in total. The second-order valence-corrected chi connectivity index (χ2v) is 4.72. The second kappa shape index (κ2) is 5.01. The van der Waals surface area contributed by atoms with Crippen LogP contribution in [0.25, 0.3) is 11.1 Å². The predicted octanol–water partition coefficient (Wildman–Crippen LogP) is 2.24. The van der Waals surface area contributed by atoms with Crippen LogP contribution in [0.15, 0.2) is 27.4 Å². The fraction of sp³-hybridized carbons (Fsp3) is 0.364. The number of aryl methyl sites for hydroxylation is 1. The molecule has 0 bridgehead atoms. The molecule has 0 aliphatic heterocycles. The summed E-state index contributed by atoms with van der Waals surface area (Å²) in [7, 11) is 1.65. The molecule has 2 aromatic rings. The summed E-state index contributed by atoms with van der Waals surface area (Å²) in [5.74, 6) is -0.298. The number of benzene rings is 1. The Balaban J connectivity index is 2.36. The van der Waals surface area contributed by atoms with Gasteiger partial charge >= 0.3 is 5.76 Å². The molecule has 1 aromatic heterocycles. The lowest BCUT2D eigenvalue weighted by atomic mass is 10.3. The van der Waals surface area contributed by atoms with Crippen LogP contribution >= 0.6 is 22.6 Å². The van der Waals surface area contributed by atoms with Gasteiger partial charge in [-0.05, 0) is 47.2 Å². The van der Waals surface area contributed by atoms with E-state index in [2.05, 4.69) is 22.6 Å². The van der Waals surface area contributed by atoms with E-state index in [0.717, 1.165) is 15.5 Å². The number of halogens is 1. The highest BCUT2D eigenvalue weighted by Gasteiger charge is 2.08. The maximum atomic E-state index is 11.6. The van der Waals surface area contributed by atoms with Crippen LogP contribution in [-0.4, -0.2) is 18.3 Å². The Morgan fingerprint density at radius 1 is 1.50 bits per heavy atom. The smallest absolute Gasteiger partial charge is 0.408 e. The molecule has 2 rings (SSSR count). The lowest BCUT2D eigenvalue weighted by Gasteiger charge is -2.01. The van der Waals surface area contributed by atoms with Crippen LogP contribution in [-0.2, 0) is 11.3 Å². The SMILES string of the molecule is COCCCn1c(=O)oc2cc(I)ccc21. The summed E-state index contributed by atoms with van der Waals surface area (Å²) in [6, 6.07) is 5.74. The van der Waals surface area contributed by atoms with Gasteiger partial charge in [0.05, 0.1) is 5.52 Å². The highest BCUT2D eigenvalue weighted by molar-refractivity contribution is 14.1. The third-order valence-corrected chi connectivity index (χ3v) is 3.03. The van der Waals surface area contributed by atoms with Gasteiger partial charge in [0.25, 0.3) is 0 Å². The highest BCUT2D eigenvalue weighted by atomic mass is 127. The Kier molecular flexibility index (Phi) is 3.65. The summed E-state index contributed by atoms with van der Waals surface area (Å²) >= 11 is 2.19. The van der Waals surface area contributed by atoms with E-state index in [1.54, 1.807) is 11.7 Å². The van der Waals surface area contributed by atoms with E-state index in [-0.39, 0.29) is 5.76 Å². The number of hydrogen-bond donors (Lipinski definition) is 0. The van der Waals surface area contributed by atoms with Crippen molar-refractivity contribution in [3.05, 3.63) is 32.3 Å². The first-order valence-corrected chi connectivity index (χ1v) is 6.08. The minimum absolute atomic E-state index is 0.298. The monoisotopic (exact) mass is 333 g/mol. The molecule has 1 aromatic carbocycles. The first-order valence-electron chi connectivity index (χ1n) is 5.00. The lowest BCUT2D eigenvalue weighted by molar-refractivity contribution is 0.190. The van der Waals surface area contributed by atoms with Gasteiger partial charge in [0.1, 0.15) is 0 Å². The Labute approximate surface area is 106 Å². The average Bonchev–Trinajstić information content (AvgIpc) is 2.55. The largest absolute Gasteiger partial charge is 0.419 e. The van der Waals surface area contributed by atoms with Crippen LogP contribution in [0.3, 0.4) is 0 Å². The van der Waals surface area contributed by atoms with Gasteiger partial charge in [0, 0.05) is 23.8 Å². The molecule has 0 fully saturated rings. The van der Waals surface area contributed by atoms with Gasteiger partial charge < -0.3 is 9.15 Å². The summed E-state index contributed by atoms with van der Waals surface area (Å²) in [5.41, 5.74) is 1.50. The highest BCUT2D eigenvalue weighted by Crippen LogP contribution is 2.16. The minimum atomic E-state index is -0.298. The maximum absolute atomic E-state index is 11.6. The molecule has 0 spiro atoms. The van der Waals surface area contributed by atoms with Crippen LogP contribution in [0.1, 0.15) is 6.42 Å². The van der Waals surface area contributed by atoms with Crippen molar-refractivity contribution in [2.75, 3.05) is 13.7 Å². The number of nitrogens with zero attached hydrogens (tertiary/aromatic N) is 1. The topological polar surface area (TPSA) is 44.4 Å². The second-order valence-electron chi connectivity index (χ2n) is 3.48. The maximum Gasteiger partial charge on any atom is 0.419 e. The molecule has 0 radical (unpaired) electrons. The zero-order valence-corrected chi connectivity index (χ0v) is 11.1. The first-order chi connectivity index (χ1) is 7.72. The number of methoxy groups -OCH3 is 1. The van der Waals surface area contributed by atoms with Gasteiger partial charge in [-0.3, -0.25) is 4.57 Å². The van der Waals surface area contributed by atoms with Crippen molar-refractivity contribution in [3.63, 3.8) is 0 Å². The van der Waals surface area contributed by atoms with Gasteiger partial charge in [-0.15, -0.1) is 0 Å². The fourth-order valence-corrected chi connectivity index (χ4v) is 2.08. The van der Waals surface area contributed by atoms with Gasteiger partial charge in [0.2, 0.25) is 0 Å². The zero-order valence-electron chi connectivity index (χ0n) is 8.90. The van der Waals surface area contributed by atoms with Crippen LogP contribution in [0.4, 0.5) is 0 Å². The zero-order chi connectivity index (χ0) is 11.5. The molecule has 4 nitrogen and oxygen atoms in total. The van der Waals surface area contributed by atoms with Crippen molar-refractivity contribution in [2.45, 2.75) is 13.0 Å². The number of ether oxygens (including phenoxy) is 1. The summed E-state index contributed by atoms with van der Waals surface area (Å²) in [5, 5.41) is 0. The lowest BCUT2D eigenvalue weighted by Crippen LogP contribution is -2.15. The molecule has 0 saturated carbocycles. The Morgan fingerprint density at radius 2 is 2.31 bits per heavy atom. The van der Waals surface area contributed by atoms with Gasteiger partial charge in [-0.25, -0.2) is 4.79 Å². The van der Waals surface area contributed by atoms with E-state index < -0.39 is 0 Å². The number of aromatic nitrogens is 1. The Hall–Kier alpha value is -0.820. The van der Waals surface area contributed by atoms with Gasteiger partial charge in [0.15, 0.2) is 5.58 Å². The third-order valence-electron chi connectivity index (χ3n) is 2.36. The molecule has 0 aliphatic carbocycles. The summed E-state index contributed by atoms with van der Waals surface area (Å²) in [6.45, 7) is 1.27. The van der Waals surface area contributed by atoms with E-state index in [9.17, 15) is 4.79 Å². The van der Waals surface area contributed by atoms with E-state index >= 15 is 0 Å². The van der Waals surface area contributed by atoms with Crippen molar-refractivity contribution in [1.29, 1.82) is 0 Å². The van der Waals surface area contributed by atoms with Crippen molar-refractivity contribution in [2.24, 2.45) is 0 Å².